The average Bonchev–Trinajstić information content (AvgIpc) is 2.38. The van der Waals surface area contributed by atoms with E-state index >= 15 is 0 Å². The zero-order valence-corrected chi connectivity index (χ0v) is 10.3. The summed E-state index contributed by atoms with van der Waals surface area (Å²) in [5.41, 5.74) is 0.213. The molecule has 18 heavy (non-hydrogen) atoms. The number of hydrogen-bond donors (Lipinski definition) is 1. The molecule has 0 bridgehead atoms. The van der Waals surface area contributed by atoms with Gasteiger partial charge in [0.1, 0.15) is 11.9 Å². The summed E-state index contributed by atoms with van der Waals surface area (Å²) in [5, 5.41) is 8.81. The lowest BCUT2D eigenvalue weighted by atomic mass is 10.2. The molecule has 1 unspecified atom stereocenters. The standard InChI is InChI=1S/C14H16O4/c1-3-11(2)17-8-5-9-18-13-7-4-6-12(10-13)14(15)16/h1,4,6-7,10-11H,5,8-9H2,2H3,(H,15,16). The summed E-state index contributed by atoms with van der Waals surface area (Å²) in [6, 6.07) is 6.38. The Balaban J connectivity index is 2.29. The molecule has 1 atom stereocenters. The molecule has 4 heteroatoms. The second-order valence-corrected chi connectivity index (χ2v) is 3.71. The van der Waals surface area contributed by atoms with Crippen LogP contribution >= 0.6 is 0 Å². The lowest BCUT2D eigenvalue weighted by molar-refractivity contribution is 0.0695. The first-order valence-corrected chi connectivity index (χ1v) is 5.67. The molecule has 0 aliphatic heterocycles. The third-order valence-electron chi connectivity index (χ3n) is 2.24. The molecular weight excluding hydrogens is 232 g/mol. The number of carbonyl (C=O) groups is 1. The predicted molar refractivity (Wildman–Crippen MR) is 67.8 cm³/mol. The SMILES string of the molecule is C#CC(C)OCCCOc1cccc(C(=O)O)c1. The van der Waals surface area contributed by atoms with Crippen LogP contribution in [-0.2, 0) is 4.74 Å². The Bertz CT molecular complexity index is 434. The fourth-order valence-electron chi connectivity index (χ4n) is 1.28. The molecule has 0 spiro atoms. The summed E-state index contributed by atoms with van der Waals surface area (Å²) < 4.78 is 10.7. The van der Waals surface area contributed by atoms with Crippen LogP contribution in [-0.4, -0.2) is 30.4 Å². The number of carboxylic acids is 1. The van der Waals surface area contributed by atoms with Gasteiger partial charge in [-0.2, -0.15) is 0 Å². The molecule has 0 aliphatic rings. The van der Waals surface area contributed by atoms with Gasteiger partial charge in [0.15, 0.2) is 0 Å². The van der Waals surface area contributed by atoms with Crippen molar-refractivity contribution >= 4 is 5.97 Å². The summed E-state index contributed by atoms with van der Waals surface area (Å²) in [7, 11) is 0. The molecule has 0 saturated heterocycles. The fraction of sp³-hybridized carbons (Fsp3) is 0.357. The lowest BCUT2D eigenvalue weighted by Gasteiger charge is -2.08. The minimum Gasteiger partial charge on any atom is -0.493 e. The van der Waals surface area contributed by atoms with Crippen molar-refractivity contribution in [2.45, 2.75) is 19.4 Å². The molecule has 96 valence electrons. The van der Waals surface area contributed by atoms with E-state index in [0.717, 1.165) is 0 Å². The Labute approximate surface area is 107 Å². The Hall–Kier alpha value is -1.99. The zero-order chi connectivity index (χ0) is 13.4. The minimum atomic E-state index is -0.966. The van der Waals surface area contributed by atoms with Crippen LogP contribution in [0.3, 0.4) is 0 Å². The molecular formula is C14H16O4. The quantitative estimate of drug-likeness (QED) is 0.593. The molecule has 0 saturated carbocycles. The van der Waals surface area contributed by atoms with Crippen LogP contribution in [0.25, 0.3) is 0 Å². The van der Waals surface area contributed by atoms with Gasteiger partial charge < -0.3 is 14.6 Å². The van der Waals surface area contributed by atoms with Crippen LogP contribution in [0.15, 0.2) is 24.3 Å². The van der Waals surface area contributed by atoms with Gasteiger partial charge in [0.25, 0.3) is 0 Å². The van der Waals surface area contributed by atoms with Crippen molar-refractivity contribution in [1.29, 1.82) is 0 Å². The van der Waals surface area contributed by atoms with Crippen LogP contribution in [0.2, 0.25) is 0 Å². The molecule has 0 fully saturated rings. The number of benzene rings is 1. The number of ether oxygens (including phenoxy) is 2. The van der Waals surface area contributed by atoms with E-state index in [9.17, 15) is 4.79 Å². The van der Waals surface area contributed by atoms with Crippen molar-refractivity contribution in [3.8, 4) is 18.1 Å². The van der Waals surface area contributed by atoms with Crippen molar-refractivity contribution in [3.05, 3.63) is 29.8 Å². The van der Waals surface area contributed by atoms with Gasteiger partial charge in [0, 0.05) is 6.42 Å². The molecule has 1 rings (SSSR count). The third-order valence-corrected chi connectivity index (χ3v) is 2.24. The van der Waals surface area contributed by atoms with Crippen molar-refractivity contribution in [1.82, 2.24) is 0 Å². The highest BCUT2D eigenvalue weighted by atomic mass is 16.5. The van der Waals surface area contributed by atoms with Gasteiger partial charge in [-0.05, 0) is 25.1 Å². The number of carboxylic acid groups (broad SMARTS) is 1. The van der Waals surface area contributed by atoms with Gasteiger partial charge in [-0.25, -0.2) is 4.79 Å². The van der Waals surface area contributed by atoms with Crippen LogP contribution in [0.4, 0.5) is 0 Å². The Morgan fingerprint density at radius 2 is 2.28 bits per heavy atom. The highest BCUT2D eigenvalue weighted by Gasteiger charge is 2.03. The molecule has 1 N–H and O–H groups in total. The van der Waals surface area contributed by atoms with Crippen molar-refractivity contribution in [3.63, 3.8) is 0 Å². The van der Waals surface area contributed by atoms with Crippen LogP contribution in [0, 0.1) is 12.3 Å². The second kappa shape index (κ2) is 7.36. The van der Waals surface area contributed by atoms with Gasteiger partial charge in [0.2, 0.25) is 0 Å². The number of hydrogen-bond acceptors (Lipinski definition) is 3. The van der Waals surface area contributed by atoms with Crippen molar-refractivity contribution in [2.24, 2.45) is 0 Å². The highest BCUT2D eigenvalue weighted by Crippen LogP contribution is 2.13. The zero-order valence-electron chi connectivity index (χ0n) is 10.3. The molecule has 1 aromatic carbocycles. The van der Waals surface area contributed by atoms with E-state index in [2.05, 4.69) is 5.92 Å². The largest absolute Gasteiger partial charge is 0.493 e. The molecule has 0 amide bonds. The van der Waals surface area contributed by atoms with E-state index in [0.29, 0.717) is 25.4 Å². The Morgan fingerprint density at radius 1 is 1.50 bits per heavy atom. The van der Waals surface area contributed by atoms with E-state index in [-0.39, 0.29) is 11.7 Å². The molecule has 0 aromatic heterocycles. The maximum atomic E-state index is 10.7. The molecule has 0 aliphatic carbocycles. The van der Waals surface area contributed by atoms with Gasteiger partial charge >= 0.3 is 5.97 Å². The van der Waals surface area contributed by atoms with E-state index < -0.39 is 5.97 Å². The summed E-state index contributed by atoms with van der Waals surface area (Å²) in [6.07, 6.45) is 5.66. The van der Waals surface area contributed by atoms with Gasteiger partial charge in [-0.1, -0.05) is 12.0 Å². The normalized spacial score (nSPS) is 11.6. The Kier molecular flexibility index (Phi) is 5.75. The average molecular weight is 248 g/mol. The molecule has 1 aromatic rings. The Morgan fingerprint density at radius 3 is 2.94 bits per heavy atom. The topological polar surface area (TPSA) is 55.8 Å². The first kappa shape index (κ1) is 14.1. The van der Waals surface area contributed by atoms with Crippen molar-refractivity contribution in [2.75, 3.05) is 13.2 Å². The first-order valence-electron chi connectivity index (χ1n) is 5.67. The van der Waals surface area contributed by atoms with Gasteiger partial charge in [0.05, 0.1) is 18.8 Å². The summed E-state index contributed by atoms with van der Waals surface area (Å²) in [4.78, 5) is 10.7. The van der Waals surface area contributed by atoms with E-state index in [4.69, 9.17) is 21.0 Å². The first-order chi connectivity index (χ1) is 8.63. The lowest BCUT2D eigenvalue weighted by Crippen LogP contribution is -2.09. The van der Waals surface area contributed by atoms with E-state index in [1.807, 2.05) is 0 Å². The van der Waals surface area contributed by atoms with Gasteiger partial charge in [-0.15, -0.1) is 6.42 Å². The third kappa shape index (κ3) is 4.89. The summed E-state index contributed by atoms with van der Waals surface area (Å²) in [6.45, 7) is 2.78. The smallest absolute Gasteiger partial charge is 0.335 e. The van der Waals surface area contributed by atoms with Crippen LogP contribution in [0.1, 0.15) is 23.7 Å². The molecule has 0 radical (unpaired) electrons. The fourth-order valence-corrected chi connectivity index (χ4v) is 1.28. The van der Waals surface area contributed by atoms with Gasteiger partial charge in [-0.3, -0.25) is 0 Å². The summed E-state index contributed by atoms with van der Waals surface area (Å²) >= 11 is 0. The number of rotatable bonds is 7. The maximum absolute atomic E-state index is 10.7. The number of aromatic carboxylic acids is 1. The highest BCUT2D eigenvalue weighted by molar-refractivity contribution is 5.87. The second-order valence-electron chi connectivity index (χ2n) is 3.71. The number of terminal acetylenes is 1. The molecule has 4 nitrogen and oxygen atoms in total. The molecule has 0 heterocycles. The predicted octanol–water partition coefficient (Wildman–Crippen LogP) is 2.19. The van der Waals surface area contributed by atoms with Crippen LogP contribution in [0.5, 0.6) is 5.75 Å². The van der Waals surface area contributed by atoms with Crippen LogP contribution < -0.4 is 4.74 Å². The van der Waals surface area contributed by atoms with Crippen molar-refractivity contribution < 1.29 is 19.4 Å². The summed E-state index contributed by atoms with van der Waals surface area (Å²) in [5.74, 6) is 2.04. The maximum Gasteiger partial charge on any atom is 0.335 e. The van der Waals surface area contributed by atoms with E-state index in [1.165, 1.54) is 12.1 Å². The minimum absolute atomic E-state index is 0.194. The monoisotopic (exact) mass is 248 g/mol. The van der Waals surface area contributed by atoms with E-state index in [1.54, 1.807) is 19.1 Å².